The number of nitrogens with zero attached hydrogens (tertiary/aromatic N) is 1. The van der Waals surface area contributed by atoms with Gasteiger partial charge in [-0.15, -0.1) is 0 Å². The third kappa shape index (κ3) is 3.32. The van der Waals surface area contributed by atoms with E-state index in [4.69, 9.17) is 4.74 Å². The number of hydrogen-bond donors (Lipinski definition) is 0. The van der Waals surface area contributed by atoms with E-state index in [0.717, 1.165) is 22.8 Å². The van der Waals surface area contributed by atoms with Crippen molar-refractivity contribution in [3.63, 3.8) is 0 Å². The van der Waals surface area contributed by atoms with E-state index >= 15 is 0 Å². The monoisotopic (exact) mass is 351 g/mol. The summed E-state index contributed by atoms with van der Waals surface area (Å²) < 4.78 is 19.5. The fourth-order valence-electron chi connectivity index (χ4n) is 3.15. The molecule has 0 amide bonds. The Morgan fingerprint density at radius 1 is 1.12 bits per heavy atom. The fraction of sp³-hybridized carbons (Fsp3) is 0.273. The van der Waals surface area contributed by atoms with E-state index in [2.05, 4.69) is 4.98 Å². The van der Waals surface area contributed by atoms with Crippen LogP contribution in [0.15, 0.2) is 48.5 Å². The second kappa shape index (κ2) is 6.87. The molecule has 3 nitrogen and oxygen atoms in total. The predicted octanol–water partition coefficient (Wildman–Crippen LogP) is 5.38. The molecule has 3 rings (SSSR count). The highest BCUT2D eigenvalue weighted by atomic mass is 19.1. The van der Waals surface area contributed by atoms with Crippen LogP contribution in [0.2, 0.25) is 0 Å². The van der Waals surface area contributed by atoms with Gasteiger partial charge in [-0.1, -0.05) is 51.1 Å². The minimum absolute atomic E-state index is 0.246. The van der Waals surface area contributed by atoms with Gasteiger partial charge in [0.2, 0.25) is 5.88 Å². The molecule has 134 valence electrons. The Kier molecular flexibility index (Phi) is 4.77. The zero-order chi connectivity index (χ0) is 18.9. The van der Waals surface area contributed by atoms with Gasteiger partial charge in [0.05, 0.1) is 12.8 Å². The van der Waals surface area contributed by atoms with Crippen LogP contribution >= 0.6 is 0 Å². The topological polar surface area (TPSA) is 39.2 Å². The molecule has 2 aromatic carbocycles. The molecule has 0 radical (unpaired) electrons. The molecule has 0 aliphatic rings. The van der Waals surface area contributed by atoms with E-state index in [0.29, 0.717) is 17.0 Å². The smallest absolute Gasteiger partial charge is 0.217 e. The maximum atomic E-state index is 14.1. The quantitative estimate of drug-likeness (QED) is 0.593. The second-order valence-corrected chi connectivity index (χ2v) is 7.45. The average molecular weight is 351 g/mol. The first-order valence-electron chi connectivity index (χ1n) is 8.54. The summed E-state index contributed by atoms with van der Waals surface area (Å²) in [5.74, 6) is -0.169. The lowest BCUT2D eigenvalue weighted by Crippen LogP contribution is -2.20. The van der Waals surface area contributed by atoms with Crippen LogP contribution in [0, 0.1) is 11.2 Å². The molecule has 0 spiro atoms. The number of rotatable bonds is 4. The van der Waals surface area contributed by atoms with Crippen LogP contribution in [0.4, 0.5) is 4.39 Å². The number of carbonyl (C=O) groups is 1. The molecule has 0 aliphatic carbocycles. The normalized spacial score (nSPS) is 12.8. The van der Waals surface area contributed by atoms with Crippen molar-refractivity contribution in [1.29, 1.82) is 0 Å². The summed E-state index contributed by atoms with van der Waals surface area (Å²) in [5.41, 5.74) is 1.98. The minimum Gasteiger partial charge on any atom is -0.481 e. The number of benzene rings is 2. The average Bonchev–Trinajstić information content (AvgIpc) is 2.61. The maximum Gasteiger partial charge on any atom is 0.217 e. The molecule has 1 heterocycles. The van der Waals surface area contributed by atoms with Gasteiger partial charge in [-0.25, -0.2) is 9.37 Å². The van der Waals surface area contributed by atoms with E-state index in [1.165, 1.54) is 6.07 Å². The molecule has 26 heavy (non-hydrogen) atoms. The standard InChI is InChI=1S/C22H22FNO2/c1-22(2,3)18(13-25)16-10-11-20(24-21(16)26-4)15-9-8-14-6-5-7-19(23)17(14)12-15/h5-13,18H,1-4H3. The largest absolute Gasteiger partial charge is 0.481 e. The van der Waals surface area contributed by atoms with Crippen LogP contribution in [-0.4, -0.2) is 18.4 Å². The SMILES string of the molecule is COc1nc(-c2ccc3cccc(F)c3c2)ccc1C(C=O)C(C)(C)C. The zero-order valence-corrected chi connectivity index (χ0v) is 15.4. The number of carbonyl (C=O) groups excluding carboxylic acids is 1. The number of methoxy groups -OCH3 is 1. The van der Waals surface area contributed by atoms with Crippen molar-refractivity contribution in [2.45, 2.75) is 26.7 Å². The first kappa shape index (κ1) is 18.1. The van der Waals surface area contributed by atoms with Crippen LogP contribution in [-0.2, 0) is 4.79 Å². The number of fused-ring (bicyclic) bond motifs is 1. The summed E-state index contributed by atoms with van der Waals surface area (Å²) in [4.78, 5) is 16.2. The number of pyridine rings is 1. The minimum atomic E-state index is -0.326. The molecule has 4 heteroatoms. The summed E-state index contributed by atoms with van der Waals surface area (Å²) in [6.45, 7) is 6.02. The molecule has 0 saturated carbocycles. The van der Waals surface area contributed by atoms with Gasteiger partial charge in [-0.3, -0.25) is 0 Å². The van der Waals surface area contributed by atoms with Gasteiger partial charge < -0.3 is 9.53 Å². The summed E-state index contributed by atoms with van der Waals surface area (Å²) >= 11 is 0. The zero-order valence-electron chi connectivity index (χ0n) is 15.4. The van der Waals surface area contributed by atoms with Crippen molar-refractivity contribution in [2.24, 2.45) is 5.41 Å². The van der Waals surface area contributed by atoms with Crippen molar-refractivity contribution in [1.82, 2.24) is 4.98 Å². The Balaban J connectivity index is 2.10. The summed E-state index contributed by atoms with van der Waals surface area (Å²) in [6, 6.07) is 14.3. The van der Waals surface area contributed by atoms with Crippen molar-refractivity contribution in [3.05, 3.63) is 59.9 Å². The molecule has 0 aliphatic heterocycles. The Morgan fingerprint density at radius 3 is 2.54 bits per heavy atom. The van der Waals surface area contributed by atoms with Gasteiger partial charge in [0.1, 0.15) is 12.1 Å². The molecule has 1 atom stereocenters. The van der Waals surface area contributed by atoms with E-state index in [1.54, 1.807) is 19.2 Å². The van der Waals surface area contributed by atoms with Gasteiger partial charge in [0.15, 0.2) is 0 Å². The van der Waals surface area contributed by atoms with Crippen molar-refractivity contribution in [2.75, 3.05) is 7.11 Å². The predicted molar refractivity (Wildman–Crippen MR) is 102 cm³/mol. The van der Waals surface area contributed by atoms with Crippen LogP contribution in [0.25, 0.3) is 22.0 Å². The summed E-state index contributed by atoms with van der Waals surface area (Å²) in [5, 5.41) is 1.39. The highest BCUT2D eigenvalue weighted by molar-refractivity contribution is 5.87. The van der Waals surface area contributed by atoms with Crippen molar-refractivity contribution in [3.8, 4) is 17.1 Å². The third-order valence-corrected chi connectivity index (χ3v) is 4.61. The lowest BCUT2D eigenvalue weighted by atomic mass is 9.77. The number of ether oxygens (including phenoxy) is 1. The highest BCUT2D eigenvalue weighted by Gasteiger charge is 2.29. The van der Waals surface area contributed by atoms with Crippen LogP contribution < -0.4 is 4.74 Å². The fourth-order valence-corrected chi connectivity index (χ4v) is 3.15. The molecule has 0 saturated heterocycles. The first-order chi connectivity index (χ1) is 12.3. The molecule has 1 unspecified atom stereocenters. The summed E-state index contributed by atoms with van der Waals surface area (Å²) in [7, 11) is 1.54. The number of hydrogen-bond acceptors (Lipinski definition) is 3. The number of halogens is 1. The molecule has 0 N–H and O–H groups in total. The third-order valence-electron chi connectivity index (χ3n) is 4.61. The Morgan fingerprint density at radius 2 is 1.88 bits per heavy atom. The Labute approximate surface area is 152 Å². The van der Waals surface area contributed by atoms with E-state index in [9.17, 15) is 9.18 Å². The van der Waals surface area contributed by atoms with E-state index < -0.39 is 0 Å². The highest BCUT2D eigenvalue weighted by Crippen LogP contribution is 2.38. The number of aromatic nitrogens is 1. The molecule has 0 fully saturated rings. The maximum absolute atomic E-state index is 14.1. The van der Waals surface area contributed by atoms with Crippen LogP contribution in [0.1, 0.15) is 32.3 Å². The molecular formula is C22H22FNO2. The van der Waals surface area contributed by atoms with Crippen molar-refractivity contribution < 1.29 is 13.9 Å². The molecule has 1 aromatic heterocycles. The summed E-state index contributed by atoms with van der Waals surface area (Å²) in [6.07, 6.45) is 0.935. The lowest BCUT2D eigenvalue weighted by Gasteiger charge is -2.27. The molecule has 0 bridgehead atoms. The van der Waals surface area contributed by atoms with Gasteiger partial charge in [-0.2, -0.15) is 0 Å². The lowest BCUT2D eigenvalue weighted by molar-refractivity contribution is -0.111. The van der Waals surface area contributed by atoms with Crippen molar-refractivity contribution >= 4 is 17.1 Å². The first-order valence-corrected chi connectivity index (χ1v) is 8.54. The molecular weight excluding hydrogens is 329 g/mol. The van der Waals surface area contributed by atoms with Crippen LogP contribution in [0.3, 0.4) is 0 Å². The van der Waals surface area contributed by atoms with E-state index in [1.807, 2.05) is 51.1 Å². The van der Waals surface area contributed by atoms with Gasteiger partial charge in [0, 0.05) is 22.4 Å². The Hall–Kier alpha value is -2.75. The Bertz CT molecular complexity index is 960. The second-order valence-electron chi connectivity index (χ2n) is 7.45. The van der Waals surface area contributed by atoms with Gasteiger partial charge >= 0.3 is 0 Å². The van der Waals surface area contributed by atoms with E-state index in [-0.39, 0.29) is 17.2 Å². The molecule has 3 aromatic rings. The van der Waals surface area contributed by atoms with Gasteiger partial charge in [-0.05, 0) is 29.0 Å². The van der Waals surface area contributed by atoms with Crippen LogP contribution in [0.5, 0.6) is 5.88 Å². The number of aldehydes is 1. The van der Waals surface area contributed by atoms with Gasteiger partial charge in [0.25, 0.3) is 0 Å².